The Bertz CT molecular complexity index is 584. The van der Waals surface area contributed by atoms with E-state index in [9.17, 15) is 5.11 Å². The third-order valence-electron chi connectivity index (χ3n) is 3.33. The highest BCUT2D eigenvalue weighted by atomic mass is 16.5. The van der Waals surface area contributed by atoms with Gasteiger partial charge < -0.3 is 14.6 Å². The number of nitrogens with zero attached hydrogens (tertiary/aromatic N) is 1. The van der Waals surface area contributed by atoms with Crippen molar-refractivity contribution in [1.82, 2.24) is 4.98 Å². The average molecular weight is 301 g/mol. The van der Waals surface area contributed by atoms with E-state index in [0.717, 1.165) is 23.5 Å². The molecule has 1 atom stereocenters. The first-order valence-electron chi connectivity index (χ1n) is 7.52. The summed E-state index contributed by atoms with van der Waals surface area (Å²) >= 11 is 0. The van der Waals surface area contributed by atoms with Crippen LogP contribution < -0.4 is 9.47 Å². The van der Waals surface area contributed by atoms with Crippen LogP contribution in [0.15, 0.2) is 42.6 Å². The number of aliphatic hydroxyl groups is 1. The van der Waals surface area contributed by atoms with Gasteiger partial charge in [-0.2, -0.15) is 0 Å². The summed E-state index contributed by atoms with van der Waals surface area (Å²) in [4.78, 5) is 4.18. The van der Waals surface area contributed by atoms with Crippen LogP contribution in [0.1, 0.15) is 37.6 Å². The lowest BCUT2D eigenvalue weighted by atomic mass is 10.0. The van der Waals surface area contributed by atoms with Crippen molar-refractivity contribution >= 4 is 0 Å². The molecule has 2 rings (SSSR count). The molecule has 0 amide bonds. The zero-order valence-corrected chi connectivity index (χ0v) is 13.3. The summed E-state index contributed by atoms with van der Waals surface area (Å²) in [5, 5.41) is 10.2. The summed E-state index contributed by atoms with van der Waals surface area (Å²) in [6, 6.07) is 11.4. The van der Waals surface area contributed by atoms with Gasteiger partial charge in [0.25, 0.3) is 0 Å². The average Bonchev–Trinajstić information content (AvgIpc) is 2.54. The first-order valence-corrected chi connectivity index (χ1v) is 7.52. The monoisotopic (exact) mass is 301 g/mol. The molecule has 0 aliphatic heterocycles. The van der Waals surface area contributed by atoms with Crippen LogP contribution in [0.4, 0.5) is 0 Å². The Hall–Kier alpha value is -2.07. The van der Waals surface area contributed by atoms with Gasteiger partial charge in [0.2, 0.25) is 0 Å². The molecule has 0 bridgehead atoms. The Balaban J connectivity index is 2.01. The van der Waals surface area contributed by atoms with Crippen LogP contribution in [0.3, 0.4) is 0 Å². The van der Waals surface area contributed by atoms with Crippen molar-refractivity contribution in [1.29, 1.82) is 0 Å². The van der Waals surface area contributed by atoms with Gasteiger partial charge in [0.15, 0.2) is 11.5 Å². The number of hydrogen-bond donors (Lipinski definition) is 1. The number of pyridine rings is 1. The molecule has 0 radical (unpaired) electrons. The molecule has 0 fully saturated rings. The van der Waals surface area contributed by atoms with E-state index in [2.05, 4.69) is 4.98 Å². The van der Waals surface area contributed by atoms with E-state index in [-0.39, 0.29) is 6.10 Å². The van der Waals surface area contributed by atoms with Crippen molar-refractivity contribution in [3.05, 3.63) is 53.9 Å². The minimum Gasteiger partial charge on any atom is -0.493 e. The van der Waals surface area contributed by atoms with E-state index in [4.69, 9.17) is 9.47 Å². The van der Waals surface area contributed by atoms with Crippen LogP contribution in [-0.4, -0.2) is 23.3 Å². The van der Waals surface area contributed by atoms with Crippen molar-refractivity contribution in [3.63, 3.8) is 0 Å². The first kappa shape index (κ1) is 16.3. The Morgan fingerprint density at radius 1 is 1.14 bits per heavy atom. The van der Waals surface area contributed by atoms with E-state index >= 15 is 0 Å². The molecule has 1 aromatic heterocycles. The van der Waals surface area contributed by atoms with Crippen molar-refractivity contribution in [2.45, 2.75) is 38.9 Å². The molecule has 0 saturated carbocycles. The van der Waals surface area contributed by atoms with Gasteiger partial charge in [0.05, 0.1) is 25.0 Å². The molecule has 1 unspecified atom stereocenters. The molecule has 1 heterocycles. The van der Waals surface area contributed by atoms with Crippen molar-refractivity contribution in [3.8, 4) is 11.5 Å². The molecular weight excluding hydrogens is 278 g/mol. The molecule has 4 heteroatoms. The lowest BCUT2D eigenvalue weighted by Crippen LogP contribution is -2.07. The maximum atomic E-state index is 10.2. The number of benzene rings is 1. The fraction of sp³-hybridized carbons (Fsp3) is 0.389. The van der Waals surface area contributed by atoms with E-state index < -0.39 is 6.10 Å². The Morgan fingerprint density at radius 3 is 2.59 bits per heavy atom. The van der Waals surface area contributed by atoms with Gasteiger partial charge in [-0.1, -0.05) is 12.1 Å². The largest absolute Gasteiger partial charge is 0.493 e. The number of rotatable bonds is 7. The number of methoxy groups -OCH3 is 1. The van der Waals surface area contributed by atoms with Gasteiger partial charge in [-0.15, -0.1) is 0 Å². The zero-order valence-electron chi connectivity index (χ0n) is 13.3. The summed E-state index contributed by atoms with van der Waals surface area (Å²) in [6.07, 6.45) is 2.60. The van der Waals surface area contributed by atoms with E-state index in [1.807, 2.05) is 50.2 Å². The van der Waals surface area contributed by atoms with E-state index in [1.165, 1.54) is 0 Å². The minimum absolute atomic E-state index is 0.103. The maximum Gasteiger partial charge on any atom is 0.161 e. The molecule has 1 aromatic carbocycles. The van der Waals surface area contributed by atoms with E-state index in [0.29, 0.717) is 12.1 Å². The topological polar surface area (TPSA) is 51.6 Å². The fourth-order valence-electron chi connectivity index (χ4n) is 2.24. The molecule has 22 heavy (non-hydrogen) atoms. The summed E-state index contributed by atoms with van der Waals surface area (Å²) in [6.45, 7) is 3.97. The van der Waals surface area contributed by atoms with Crippen molar-refractivity contribution < 1.29 is 14.6 Å². The van der Waals surface area contributed by atoms with Crippen molar-refractivity contribution in [2.75, 3.05) is 7.11 Å². The highest BCUT2D eigenvalue weighted by Crippen LogP contribution is 2.30. The van der Waals surface area contributed by atoms with Crippen LogP contribution in [0.25, 0.3) is 0 Å². The number of ether oxygens (including phenoxy) is 2. The lowest BCUT2D eigenvalue weighted by molar-refractivity contribution is 0.163. The van der Waals surface area contributed by atoms with Gasteiger partial charge in [-0.05, 0) is 56.5 Å². The Kier molecular flexibility index (Phi) is 5.78. The van der Waals surface area contributed by atoms with Gasteiger partial charge in [-0.25, -0.2) is 0 Å². The lowest BCUT2D eigenvalue weighted by Gasteiger charge is -2.15. The number of aryl methyl sites for hydroxylation is 1. The number of hydrogen-bond acceptors (Lipinski definition) is 4. The van der Waals surface area contributed by atoms with Gasteiger partial charge in [0, 0.05) is 6.20 Å². The summed E-state index contributed by atoms with van der Waals surface area (Å²) in [7, 11) is 1.63. The van der Waals surface area contributed by atoms with Crippen LogP contribution in [0, 0.1) is 0 Å². The fourth-order valence-corrected chi connectivity index (χ4v) is 2.24. The van der Waals surface area contributed by atoms with E-state index in [1.54, 1.807) is 13.3 Å². The summed E-state index contributed by atoms with van der Waals surface area (Å²) in [5.41, 5.74) is 1.80. The first-order chi connectivity index (χ1) is 10.6. The highest BCUT2D eigenvalue weighted by molar-refractivity contribution is 5.43. The zero-order chi connectivity index (χ0) is 15.9. The predicted molar refractivity (Wildman–Crippen MR) is 86.3 cm³/mol. The molecule has 0 saturated heterocycles. The summed E-state index contributed by atoms with van der Waals surface area (Å²) in [5.74, 6) is 1.46. The molecular formula is C18H23NO3. The number of aliphatic hydroxyl groups excluding tert-OH is 1. The summed E-state index contributed by atoms with van der Waals surface area (Å²) < 4.78 is 11.1. The SMILES string of the molecule is COc1cc(CCC(O)c2ccccn2)ccc1OC(C)C. The molecule has 118 valence electrons. The third kappa shape index (κ3) is 4.46. The Labute approximate surface area is 131 Å². The van der Waals surface area contributed by atoms with Gasteiger partial charge in [0.1, 0.15) is 0 Å². The van der Waals surface area contributed by atoms with Gasteiger partial charge in [-0.3, -0.25) is 4.98 Å². The van der Waals surface area contributed by atoms with Crippen LogP contribution in [-0.2, 0) is 6.42 Å². The van der Waals surface area contributed by atoms with Crippen LogP contribution in [0.5, 0.6) is 11.5 Å². The Morgan fingerprint density at radius 2 is 1.95 bits per heavy atom. The second-order valence-electron chi connectivity index (χ2n) is 5.46. The third-order valence-corrected chi connectivity index (χ3v) is 3.33. The van der Waals surface area contributed by atoms with Crippen LogP contribution in [0.2, 0.25) is 0 Å². The molecule has 0 aliphatic carbocycles. The molecule has 2 aromatic rings. The quantitative estimate of drug-likeness (QED) is 0.850. The van der Waals surface area contributed by atoms with Gasteiger partial charge >= 0.3 is 0 Å². The molecule has 4 nitrogen and oxygen atoms in total. The predicted octanol–water partition coefficient (Wildman–Crippen LogP) is 3.54. The molecule has 0 spiro atoms. The normalized spacial score (nSPS) is 12.2. The molecule has 0 aliphatic rings. The van der Waals surface area contributed by atoms with Crippen molar-refractivity contribution in [2.24, 2.45) is 0 Å². The second kappa shape index (κ2) is 7.80. The minimum atomic E-state index is -0.557. The maximum absolute atomic E-state index is 10.2. The standard InChI is InChI=1S/C18H23NO3/c1-13(2)22-17-10-8-14(12-18(17)21-3)7-9-16(20)15-6-4-5-11-19-15/h4-6,8,10-13,16,20H,7,9H2,1-3H3. The smallest absolute Gasteiger partial charge is 0.161 e. The highest BCUT2D eigenvalue weighted by Gasteiger charge is 2.11. The number of aromatic nitrogens is 1. The second-order valence-corrected chi connectivity index (χ2v) is 5.46. The molecule has 1 N–H and O–H groups in total. The van der Waals surface area contributed by atoms with Crippen LogP contribution >= 0.6 is 0 Å².